The second kappa shape index (κ2) is 7.98. The van der Waals surface area contributed by atoms with Gasteiger partial charge in [0, 0.05) is 25.2 Å². The molecule has 2 aromatic heterocycles. The van der Waals surface area contributed by atoms with E-state index >= 15 is 0 Å². The number of nitrogens with zero attached hydrogens (tertiary/aromatic N) is 4. The van der Waals surface area contributed by atoms with Gasteiger partial charge in [-0.15, -0.1) is 0 Å². The molecule has 0 spiro atoms. The van der Waals surface area contributed by atoms with Crippen LogP contribution in [0.4, 0.5) is 32.0 Å². The van der Waals surface area contributed by atoms with Crippen molar-refractivity contribution in [1.29, 1.82) is 5.26 Å². The monoisotopic (exact) mass is 489 g/mol. The summed E-state index contributed by atoms with van der Waals surface area (Å²) in [5, 5.41) is 12.1. The number of alkyl halides is 6. The Morgan fingerprint density at radius 1 is 1.12 bits per heavy atom. The van der Waals surface area contributed by atoms with Gasteiger partial charge in [-0.3, -0.25) is 9.89 Å². The van der Waals surface area contributed by atoms with Crippen molar-refractivity contribution >= 4 is 22.9 Å². The van der Waals surface area contributed by atoms with Crippen molar-refractivity contribution in [3.63, 3.8) is 0 Å². The van der Waals surface area contributed by atoms with Crippen LogP contribution in [-0.4, -0.2) is 27.7 Å². The molecule has 0 radical (unpaired) electrons. The van der Waals surface area contributed by atoms with Crippen molar-refractivity contribution in [2.45, 2.75) is 31.1 Å². The van der Waals surface area contributed by atoms with Crippen molar-refractivity contribution in [2.24, 2.45) is 0 Å². The molecule has 33 heavy (non-hydrogen) atoms. The molecule has 4 rings (SSSR count). The highest BCUT2D eigenvalue weighted by molar-refractivity contribution is 6.33. The van der Waals surface area contributed by atoms with Crippen molar-refractivity contribution in [3.8, 4) is 6.07 Å². The lowest BCUT2D eigenvalue weighted by Crippen LogP contribution is -2.33. The zero-order chi connectivity index (χ0) is 24.1. The highest BCUT2D eigenvalue weighted by atomic mass is 35.5. The summed E-state index contributed by atoms with van der Waals surface area (Å²) in [6.45, 7) is 0.734. The maximum absolute atomic E-state index is 13.0. The fourth-order valence-corrected chi connectivity index (χ4v) is 4.28. The molecule has 0 amide bonds. The van der Waals surface area contributed by atoms with Crippen molar-refractivity contribution in [2.75, 3.05) is 18.0 Å². The molecule has 1 fully saturated rings. The maximum atomic E-state index is 13.0. The molecule has 1 saturated heterocycles. The normalized spacial score (nSPS) is 15.8. The van der Waals surface area contributed by atoms with Gasteiger partial charge in [-0.1, -0.05) is 11.6 Å². The third-order valence-corrected chi connectivity index (χ3v) is 5.93. The Morgan fingerprint density at radius 2 is 1.79 bits per heavy atom. The van der Waals surface area contributed by atoms with E-state index < -0.39 is 29.0 Å². The van der Waals surface area contributed by atoms with Gasteiger partial charge in [0.25, 0.3) is 5.56 Å². The molecule has 3 heterocycles. The van der Waals surface area contributed by atoms with E-state index in [0.29, 0.717) is 48.0 Å². The Labute approximate surface area is 187 Å². The Kier molecular flexibility index (Phi) is 5.56. The predicted molar refractivity (Wildman–Crippen MR) is 106 cm³/mol. The number of benzene rings is 1. The summed E-state index contributed by atoms with van der Waals surface area (Å²) >= 11 is 6.06. The van der Waals surface area contributed by atoms with E-state index in [2.05, 4.69) is 10.1 Å². The zero-order valence-corrected chi connectivity index (χ0v) is 17.3. The number of piperidine rings is 1. The van der Waals surface area contributed by atoms with E-state index in [-0.39, 0.29) is 22.2 Å². The SMILES string of the molecule is N#Cc1c(C2CCN(c3ccc(C(F)(F)F)cc3Cl)CC2)[nH]n2c(=O)c(C(F)(F)F)cnc12. The summed E-state index contributed by atoms with van der Waals surface area (Å²) in [4.78, 5) is 17.7. The fraction of sp³-hybridized carbons (Fsp3) is 0.350. The first-order chi connectivity index (χ1) is 15.4. The standard InChI is InChI=1S/C20H14ClF6N5O/c21-14-7-11(19(22,23)24)1-2-15(14)31-5-3-10(4-6-31)16-12(8-28)17-29-9-13(20(25,26)27)18(33)32(17)30-16/h1-2,7,9-10,30H,3-6H2. The third-order valence-electron chi connectivity index (χ3n) is 5.62. The minimum Gasteiger partial charge on any atom is -0.370 e. The number of hydrogen-bond acceptors (Lipinski definition) is 4. The van der Waals surface area contributed by atoms with Crippen LogP contribution >= 0.6 is 11.6 Å². The Morgan fingerprint density at radius 3 is 2.33 bits per heavy atom. The average Bonchev–Trinajstić information content (AvgIpc) is 3.12. The van der Waals surface area contributed by atoms with Crippen LogP contribution in [0.1, 0.15) is 41.1 Å². The molecular weight excluding hydrogens is 476 g/mol. The lowest BCUT2D eigenvalue weighted by atomic mass is 9.91. The summed E-state index contributed by atoms with van der Waals surface area (Å²) in [5.41, 5.74) is -3.18. The van der Waals surface area contributed by atoms with Gasteiger partial charge in [0.05, 0.1) is 22.0 Å². The van der Waals surface area contributed by atoms with Crippen LogP contribution in [-0.2, 0) is 12.4 Å². The van der Waals surface area contributed by atoms with Gasteiger partial charge in [0.1, 0.15) is 17.2 Å². The van der Waals surface area contributed by atoms with E-state index in [9.17, 15) is 36.4 Å². The number of rotatable bonds is 2. The van der Waals surface area contributed by atoms with E-state index in [1.807, 2.05) is 6.07 Å². The first kappa shape index (κ1) is 23.0. The minimum atomic E-state index is -4.89. The number of aromatic amines is 1. The van der Waals surface area contributed by atoms with Gasteiger partial charge in [-0.25, -0.2) is 4.98 Å². The molecule has 3 aromatic rings. The summed E-state index contributed by atoms with van der Waals surface area (Å²) in [5.74, 6) is -0.306. The molecule has 1 aliphatic rings. The Bertz CT molecular complexity index is 1310. The predicted octanol–water partition coefficient (Wildman–Crippen LogP) is 4.97. The molecule has 0 atom stereocenters. The van der Waals surface area contributed by atoms with Crippen LogP contribution < -0.4 is 10.5 Å². The molecule has 6 nitrogen and oxygen atoms in total. The highest BCUT2D eigenvalue weighted by Crippen LogP contribution is 2.38. The van der Waals surface area contributed by atoms with Crippen molar-refractivity contribution in [1.82, 2.24) is 14.6 Å². The molecule has 174 valence electrons. The van der Waals surface area contributed by atoms with Gasteiger partial charge in [0.15, 0.2) is 5.65 Å². The first-order valence-electron chi connectivity index (χ1n) is 9.64. The van der Waals surface area contributed by atoms with Crippen molar-refractivity contribution in [3.05, 3.63) is 62.2 Å². The maximum Gasteiger partial charge on any atom is 0.423 e. The van der Waals surface area contributed by atoms with Gasteiger partial charge in [-0.05, 0) is 31.0 Å². The Hall–Kier alpha value is -3.20. The minimum absolute atomic E-state index is 0.0214. The molecule has 1 N–H and O–H groups in total. The lowest BCUT2D eigenvalue weighted by Gasteiger charge is -2.34. The number of aromatic nitrogens is 3. The van der Waals surface area contributed by atoms with Crippen LogP contribution in [0.5, 0.6) is 0 Å². The summed E-state index contributed by atoms with van der Waals surface area (Å²) in [6.07, 6.45) is -8.17. The number of H-pyrrole nitrogens is 1. The molecule has 13 heteroatoms. The van der Waals surface area contributed by atoms with Crippen LogP contribution in [0.3, 0.4) is 0 Å². The van der Waals surface area contributed by atoms with Gasteiger partial charge in [0.2, 0.25) is 0 Å². The quantitative estimate of drug-likeness (QED) is 0.516. The summed E-state index contributed by atoms with van der Waals surface area (Å²) < 4.78 is 78.3. The smallest absolute Gasteiger partial charge is 0.370 e. The third kappa shape index (κ3) is 4.13. The van der Waals surface area contributed by atoms with E-state index in [4.69, 9.17) is 11.6 Å². The van der Waals surface area contributed by atoms with Crippen LogP contribution in [0, 0.1) is 11.3 Å². The number of nitriles is 1. The van der Waals surface area contributed by atoms with E-state index in [1.54, 1.807) is 4.90 Å². The second-order valence-corrected chi connectivity index (χ2v) is 7.98. The number of hydrogen-bond donors (Lipinski definition) is 1. The van der Waals surface area contributed by atoms with Crippen LogP contribution in [0.15, 0.2) is 29.2 Å². The van der Waals surface area contributed by atoms with Crippen molar-refractivity contribution < 1.29 is 26.3 Å². The van der Waals surface area contributed by atoms with Gasteiger partial charge >= 0.3 is 12.4 Å². The molecular formula is C20H14ClF6N5O. The van der Waals surface area contributed by atoms with E-state index in [1.165, 1.54) is 6.07 Å². The lowest BCUT2D eigenvalue weighted by molar-refractivity contribution is -0.139. The zero-order valence-electron chi connectivity index (χ0n) is 16.6. The van der Waals surface area contributed by atoms with Crippen LogP contribution in [0.25, 0.3) is 5.65 Å². The second-order valence-electron chi connectivity index (χ2n) is 7.57. The molecule has 1 aliphatic heterocycles. The highest BCUT2D eigenvalue weighted by Gasteiger charge is 2.36. The number of halogens is 7. The van der Waals surface area contributed by atoms with Gasteiger partial charge < -0.3 is 4.90 Å². The summed E-state index contributed by atoms with van der Waals surface area (Å²) in [6, 6.07) is 4.98. The molecule has 0 saturated carbocycles. The first-order valence-corrected chi connectivity index (χ1v) is 10.0. The average molecular weight is 490 g/mol. The largest absolute Gasteiger partial charge is 0.423 e. The summed E-state index contributed by atoms with van der Waals surface area (Å²) in [7, 11) is 0. The number of anilines is 1. The van der Waals surface area contributed by atoms with Crippen LogP contribution in [0.2, 0.25) is 5.02 Å². The topological polar surface area (TPSA) is 77.2 Å². The number of fused-ring (bicyclic) bond motifs is 1. The number of nitrogens with one attached hydrogen (secondary N) is 1. The molecule has 0 bridgehead atoms. The molecule has 1 aromatic carbocycles. The van der Waals surface area contributed by atoms with E-state index in [0.717, 1.165) is 12.1 Å². The fourth-order valence-electron chi connectivity index (χ4n) is 3.98. The Balaban J connectivity index is 1.61. The van der Waals surface area contributed by atoms with Gasteiger partial charge in [-0.2, -0.15) is 36.1 Å². The molecule has 0 aliphatic carbocycles. The molecule has 0 unspecified atom stereocenters.